The van der Waals surface area contributed by atoms with Crippen molar-refractivity contribution in [3.63, 3.8) is 0 Å². The first-order valence-electron chi connectivity index (χ1n) is 11.0. The number of likely N-dealkylation sites (tertiary alicyclic amines) is 1. The molecule has 1 amide bonds. The van der Waals surface area contributed by atoms with Crippen LogP contribution in [-0.4, -0.2) is 56.4 Å². The Bertz CT molecular complexity index is 1150. The Morgan fingerprint density at radius 1 is 1.09 bits per heavy atom. The van der Waals surface area contributed by atoms with E-state index >= 15 is 0 Å². The highest BCUT2D eigenvalue weighted by Crippen LogP contribution is 2.25. The first kappa shape index (κ1) is 23.8. The number of hydrogen-bond donors (Lipinski definition) is 0. The average Bonchev–Trinajstić information content (AvgIpc) is 3.25. The van der Waals surface area contributed by atoms with Crippen LogP contribution in [0.3, 0.4) is 0 Å². The largest absolute Gasteiger partial charge is 0.315 e. The van der Waals surface area contributed by atoms with E-state index in [4.69, 9.17) is 0 Å². The van der Waals surface area contributed by atoms with Crippen molar-refractivity contribution in [2.24, 2.45) is 0 Å². The lowest BCUT2D eigenvalue weighted by Crippen LogP contribution is -2.30. The molecule has 0 unspecified atom stereocenters. The second-order valence-corrected chi connectivity index (χ2v) is 9.00. The summed E-state index contributed by atoms with van der Waals surface area (Å²) >= 11 is 1.25. The first-order chi connectivity index (χ1) is 16.4. The number of nitro groups is 1. The van der Waals surface area contributed by atoms with E-state index in [0.29, 0.717) is 17.4 Å². The normalized spacial score (nSPS) is 14.2. The minimum absolute atomic E-state index is 0.0346. The molecule has 178 valence electrons. The first-order valence-corrected chi connectivity index (χ1v) is 12.0. The number of anilines is 1. The molecule has 11 heteroatoms. The zero-order chi connectivity index (χ0) is 24.1. The highest BCUT2D eigenvalue weighted by molar-refractivity contribution is 7.99. The Labute approximate surface area is 200 Å². The molecule has 1 aliphatic heterocycles. The van der Waals surface area contributed by atoms with Gasteiger partial charge in [-0.15, -0.1) is 10.2 Å². The Hall–Kier alpha value is -3.31. The van der Waals surface area contributed by atoms with E-state index in [1.165, 1.54) is 47.3 Å². The van der Waals surface area contributed by atoms with Gasteiger partial charge in [0.15, 0.2) is 11.0 Å². The summed E-state index contributed by atoms with van der Waals surface area (Å²) in [6.45, 7) is 2.62. The minimum atomic E-state index is -0.481. The molecule has 4 rings (SSSR count). The van der Waals surface area contributed by atoms with Gasteiger partial charge in [0.25, 0.3) is 5.69 Å². The molecule has 1 aliphatic rings. The van der Waals surface area contributed by atoms with Crippen molar-refractivity contribution in [3.8, 4) is 5.69 Å². The summed E-state index contributed by atoms with van der Waals surface area (Å²) in [6, 6.07) is 11.9. The Balaban J connectivity index is 1.50. The molecular weight excluding hydrogens is 459 g/mol. The minimum Gasteiger partial charge on any atom is -0.315 e. The fourth-order valence-corrected chi connectivity index (χ4v) is 4.71. The van der Waals surface area contributed by atoms with Gasteiger partial charge >= 0.3 is 0 Å². The number of hydrogen-bond acceptors (Lipinski definition) is 7. The van der Waals surface area contributed by atoms with Gasteiger partial charge in [0, 0.05) is 30.6 Å². The van der Waals surface area contributed by atoms with Gasteiger partial charge in [-0.1, -0.05) is 18.2 Å². The van der Waals surface area contributed by atoms with Crippen molar-refractivity contribution in [2.75, 3.05) is 30.8 Å². The summed E-state index contributed by atoms with van der Waals surface area (Å²) in [5, 5.41) is 20.1. The molecule has 0 spiro atoms. The van der Waals surface area contributed by atoms with E-state index in [-0.39, 0.29) is 23.2 Å². The van der Waals surface area contributed by atoms with Crippen LogP contribution in [0.1, 0.15) is 25.1 Å². The number of non-ortho nitro benzene ring substituents is 1. The maximum Gasteiger partial charge on any atom is 0.269 e. The van der Waals surface area contributed by atoms with Crippen molar-refractivity contribution in [3.05, 3.63) is 70.3 Å². The number of nitro benzene ring substituents is 1. The Morgan fingerprint density at radius 3 is 2.41 bits per heavy atom. The van der Waals surface area contributed by atoms with Gasteiger partial charge in [0.05, 0.1) is 17.2 Å². The second kappa shape index (κ2) is 10.7. The number of halogens is 1. The van der Waals surface area contributed by atoms with Crippen LogP contribution < -0.4 is 4.90 Å². The summed E-state index contributed by atoms with van der Waals surface area (Å²) < 4.78 is 15.4. The molecule has 0 aliphatic carbocycles. The maximum absolute atomic E-state index is 13.5. The van der Waals surface area contributed by atoms with Crippen LogP contribution in [0, 0.1) is 15.9 Å². The third-order valence-electron chi connectivity index (χ3n) is 5.75. The van der Waals surface area contributed by atoms with Crippen molar-refractivity contribution in [1.82, 2.24) is 19.7 Å². The molecule has 2 aromatic carbocycles. The van der Waals surface area contributed by atoms with E-state index in [1.54, 1.807) is 31.3 Å². The smallest absolute Gasteiger partial charge is 0.269 e. The monoisotopic (exact) mass is 484 g/mol. The average molecular weight is 485 g/mol. The van der Waals surface area contributed by atoms with E-state index in [2.05, 4.69) is 15.1 Å². The van der Waals surface area contributed by atoms with Crippen LogP contribution in [0.4, 0.5) is 15.8 Å². The van der Waals surface area contributed by atoms with Crippen LogP contribution in [0.25, 0.3) is 5.69 Å². The summed E-state index contributed by atoms with van der Waals surface area (Å²) in [4.78, 5) is 27.0. The number of rotatable bonds is 8. The third-order valence-corrected chi connectivity index (χ3v) is 6.66. The second-order valence-electron chi connectivity index (χ2n) is 8.06. The fraction of sp³-hybridized carbons (Fsp3) is 0.348. The number of amides is 1. The van der Waals surface area contributed by atoms with Gasteiger partial charge in [0.1, 0.15) is 5.82 Å². The molecule has 1 saturated heterocycles. The number of aromatic nitrogens is 3. The molecule has 0 N–H and O–H groups in total. The zero-order valence-electron chi connectivity index (χ0n) is 18.8. The van der Waals surface area contributed by atoms with E-state index in [9.17, 15) is 19.3 Å². The lowest BCUT2D eigenvalue weighted by molar-refractivity contribution is -0.384. The molecule has 3 aromatic rings. The molecular formula is C23H25FN6O3S. The SMILES string of the molecule is CN(C(=O)CSc1nnc(CN2CCCCC2)n1-c1ccc(F)cc1)c1ccc([N+](=O)[O-])cc1. The van der Waals surface area contributed by atoms with Crippen molar-refractivity contribution < 1.29 is 14.1 Å². The number of benzene rings is 2. The molecule has 0 saturated carbocycles. The van der Waals surface area contributed by atoms with Crippen LogP contribution >= 0.6 is 11.8 Å². The summed E-state index contributed by atoms with van der Waals surface area (Å²) in [5.41, 5.74) is 1.26. The number of nitrogens with zero attached hydrogens (tertiary/aromatic N) is 6. The number of carbonyl (C=O) groups excluding carboxylic acids is 1. The molecule has 0 bridgehead atoms. The van der Waals surface area contributed by atoms with Gasteiger partial charge in [-0.05, 0) is 62.3 Å². The quantitative estimate of drug-likeness (QED) is 0.270. The lowest BCUT2D eigenvalue weighted by atomic mass is 10.1. The molecule has 1 fully saturated rings. The topological polar surface area (TPSA) is 97.4 Å². The third kappa shape index (κ3) is 5.60. The fourth-order valence-electron chi connectivity index (χ4n) is 3.83. The molecule has 2 heterocycles. The molecule has 1 aromatic heterocycles. The summed E-state index contributed by atoms with van der Waals surface area (Å²) in [6.07, 6.45) is 3.53. The Kier molecular flexibility index (Phi) is 7.53. The van der Waals surface area contributed by atoms with E-state index in [1.807, 2.05) is 4.57 Å². The lowest BCUT2D eigenvalue weighted by Gasteiger charge is -2.26. The maximum atomic E-state index is 13.5. The van der Waals surface area contributed by atoms with Crippen LogP contribution in [0.2, 0.25) is 0 Å². The van der Waals surface area contributed by atoms with E-state index < -0.39 is 4.92 Å². The molecule has 0 atom stereocenters. The van der Waals surface area contributed by atoms with Crippen LogP contribution in [-0.2, 0) is 11.3 Å². The summed E-state index contributed by atoms with van der Waals surface area (Å²) in [5.74, 6) is 0.317. The Morgan fingerprint density at radius 2 is 1.76 bits per heavy atom. The highest BCUT2D eigenvalue weighted by atomic mass is 32.2. The van der Waals surface area contributed by atoms with Crippen molar-refractivity contribution in [2.45, 2.75) is 31.0 Å². The van der Waals surface area contributed by atoms with Gasteiger partial charge in [-0.25, -0.2) is 4.39 Å². The molecule has 0 radical (unpaired) electrons. The standard InChI is InChI=1S/C23H25FN6O3S/c1-27(18-9-11-20(12-10-18)30(32)33)22(31)16-34-23-26-25-21(15-28-13-3-2-4-14-28)29(23)19-7-5-17(24)6-8-19/h5-12H,2-4,13-16H2,1H3. The number of thioether (sulfide) groups is 1. The molecule has 9 nitrogen and oxygen atoms in total. The van der Waals surface area contributed by atoms with Gasteiger partial charge in [-0.2, -0.15) is 0 Å². The van der Waals surface area contributed by atoms with Gasteiger partial charge < -0.3 is 4.90 Å². The predicted octanol–water partition coefficient (Wildman–Crippen LogP) is 4.06. The van der Waals surface area contributed by atoms with Gasteiger partial charge in [0.2, 0.25) is 5.91 Å². The number of carbonyl (C=O) groups is 1. The van der Waals surface area contributed by atoms with Crippen molar-refractivity contribution in [1.29, 1.82) is 0 Å². The van der Waals surface area contributed by atoms with Crippen molar-refractivity contribution >= 4 is 29.0 Å². The summed E-state index contributed by atoms with van der Waals surface area (Å²) in [7, 11) is 1.62. The predicted molar refractivity (Wildman–Crippen MR) is 128 cm³/mol. The van der Waals surface area contributed by atoms with Crippen LogP contribution in [0.15, 0.2) is 53.7 Å². The number of piperidine rings is 1. The molecule has 34 heavy (non-hydrogen) atoms. The highest BCUT2D eigenvalue weighted by Gasteiger charge is 2.21. The van der Waals surface area contributed by atoms with E-state index in [0.717, 1.165) is 37.4 Å². The van der Waals surface area contributed by atoms with Crippen LogP contribution in [0.5, 0.6) is 0 Å². The van der Waals surface area contributed by atoms with Gasteiger partial charge in [-0.3, -0.25) is 24.4 Å². The zero-order valence-corrected chi connectivity index (χ0v) is 19.6.